The van der Waals surface area contributed by atoms with E-state index in [9.17, 15) is 23.1 Å². The number of halogens is 3. The van der Waals surface area contributed by atoms with Crippen LogP contribution in [0.15, 0.2) is 66.7 Å². The van der Waals surface area contributed by atoms with Crippen LogP contribution >= 0.6 is 0 Å². The number of aryl methyl sites for hydroxylation is 3. The molecule has 3 aromatic carbocycles. The largest absolute Gasteiger partial charge is 0.478 e. The average Bonchev–Trinajstić information content (AvgIpc) is 2.78. The SMILES string of the molecule is Cc1cc(C)cc(-c2cc(C(F)(F)F)nc(-c3cccc(-c4ccc(C)c(C(=O)O)c4)c3)n2)c1. The third kappa shape index (κ3) is 4.83. The molecule has 34 heavy (non-hydrogen) atoms. The van der Waals surface area contributed by atoms with E-state index in [1.165, 1.54) is 0 Å². The van der Waals surface area contributed by atoms with E-state index in [0.717, 1.165) is 17.2 Å². The monoisotopic (exact) mass is 462 g/mol. The Hall–Kier alpha value is -4.00. The highest BCUT2D eigenvalue weighted by Gasteiger charge is 2.34. The molecule has 0 fully saturated rings. The van der Waals surface area contributed by atoms with Gasteiger partial charge in [0.25, 0.3) is 0 Å². The average molecular weight is 462 g/mol. The molecule has 0 saturated carbocycles. The molecule has 0 amide bonds. The molecule has 172 valence electrons. The Morgan fingerprint density at radius 1 is 0.765 bits per heavy atom. The van der Waals surface area contributed by atoms with E-state index in [2.05, 4.69) is 9.97 Å². The summed E-state index contributed by atoms with van der Waals surface area (Å²) in [6, 6.07) is 18.2. The highest BCUT2D eigenvalue weighted by Crippen LogP contribution is 2.34. The molecule has 0 radical (unpaired) electrons. The molecule has 0 atom stereocenters. The number of carboxylic acids is 1. The van der Waals surface area contributed by atoms with E-state index >= 15 is 0 Å². The minimum atomic E-state index is -4.64. The quantitative estimate of drug-likeness (QED) is 0.351. The fourth-order valence-corrected chi connectivity index (χ4v) is 3.86. The number of nitrogens with zero attached hydrogens (tertiary/aromatic N) is 2. The molecule has 1 heterocycles. The first-order valence-corrected chi connectivity index (χ1v) is 10.5. The standard InChI is InChI=1S/C27H21F3N2O2/c1-15-9-16(2)11-21(10-15)23-14-24(27(28,29)30)32-25(31-23)20-6-4-5-18(12-20)19-8-7-17(3)22(13-19)26(33)34/h4-14H,1-3H3,(H,33,34). The first-order chi connectivity index (χ1) is 16.0. The maximum Gasteiger partial charge on any atom is 0.433 e. The van der Waals surface area contributed by atoms with Crippen molar-refractivity contribution in [3.8, 4) is 33.8 Å². The lowest BCUT2D eigenvalue weighted by molar-refractivity contribution is -0.141. The second kappa shape index (κ2) is 8.74. The Labute approximate surface area is 194 Å². The summed E-state index contributed by atoms with van der Waals surface area (Å²) in [6.07, 6.45) is -4.64. The van der Waals surface area contributed by atoms with E-state index in [-0.39, 0.29) is 17.1 Å². The van der Waals surface area contributed by atoms with Gasteiger partial charge in [-0.05, 0) is 67.8 Å². The van der Waals surface area contributed by atoms with Gasteiger partial charge in [0.05, 0.1) is 11.3 Å². The van der Waals surface area contributed by atoms with Gasteiger partial charge in [0.2, 0.25) is 0 Å². The molecule has 0 spiro atoms. The number of aromatic nitrogens is 2. The van der Waals surface area contributed by atoms with Crippen molar-refractivity contribution >= 4 is 5.97 Å². The summed E-state index contributed by atoms with van der Waals surface area (Å²) in [4.78, 5) is 19.8. The van der Waals surface area contributed by atoms with Crippen molar-refractivity contribution in [1.29, 1.82) is 0 Å². The van der Waals surface area contributed by atoms with Crippen molar-refractivity contribution in [2.24, 2.45) is 0 Å². The highest BCUT2D eigenvalue weighted by atomic mass is 19.4. The van der Waals surface area contributed by atoms with Crippen LogP contribution in [0.1, 0.15) is 32.7 Å². The van der Waals surface area contributed by atoms with Gasteiger partial charge in [-0.25, -0.2) is 14.8 Å². The van der Waals surface area contributed by atoms with Gasteiger partial charge in [0.1, 0.15) is 5.69 Å². The van der Waals surface area contributed by atoms with Crippen LogP contribution in [0.3, 0.4) is 0 Å². The Kier molecular flexibility index (Phi) is 5.96. The second-order valence-corrected chi connectivity index (χ2v) is 8.25. The van der Waals surface area contributed by atoms with E-state index in [1.54, 1.807) is 61.5 Å². The Bertz CT molecular complexity index is 1390. The van der Waals surface area contributed by atoms with Crippen molar-refractivity contribution in [1.82, 2.24) is 9.97 Å². The van der Waals surface area contributed by atoms with Crippen molar-refractivity contribution in [2.75, 3.05) is 0 Å². The van der Waals surface area contributed by atoms with Crippen LogP contribution in [0.25, 0.3) is 33.8 Å². The zero-order valence-electron chi connectivity index (χ0n) is 18.7. The number of aromatic carboxylic acids is 1. The fraction of sp³-hybridized carbons (Fsp3) is 0.148. The first kappa shape index (κ1) is 23.2. The van der Waals surface area contributed by atoms with Crippen molar-refractivity contribution < 1.29 is 23.1 Å². The zero-order chi connectivity index (χ0) is 24.6. The number of alkyl halides is 3. The van der Waals surface area contributed by atoms with Gasteiger partial charge in [0, 0.05) is 11.1 Å². The molecule has 0 aliphatic rings. The highest BCUT2D eigenvalue weighted by molar-refractivity contribution is 5.91. The summed E-state index contributed by atoms with van der Waals surface area (Å²) < 4.78 is 41.1. The third-order valence-electron chi connectivity index (χ3n) is 5.46. The molecule has 7 heteroatoms. The molecule has 1 aromatic heterocycles. The van der Waals surface area contributed by atoms with Crippen LogP contribution in [0.2, 0.25) is 0 Å². The molecule has 0 aliphatic heterocycles. The lowest BCUT2D eigenvalue weighted by atomic mass is 9.98. The van der Waals surface area contributed by atoms with E-state index in [0.29, 0.717) is 27.8 Å². The fourth-order valence-electron chi connectivity index (χ4n) is 3.86. The smallest absolute Gasteiger partial charge is 0.433 e. The topological polar surface area (TPSA) is 63.1 Å². The lowest BCUT2D eigenvalue weighted by Crippen LogP contribution is -2.10. The lowest BCUT2D eigenvalue weighted by Gasteiger charge is -2.13. The Balaban J connectivity index is 1.86. The van der Waals surface area contributed by atoms with Gasteiger partial charge in [-0.3, -0.25) is 0 Å². The summed E-state index contributed by atoms with van der Waals surface area (Å²) in [7, 11) is 0. The molecule has 0 aliphatic carbocycles. The number of carbonyl (C=O) groups is 1. The van der Waals surface area contributed by atoms with Gasteiger partial charge in [0.15, 0.2) is 5.82 Å². The van der Waals surface area contributed by atoms with Gasteiger partial charge >= 0.3 is 12.1 Å². The van der Waals surface area contributed by atoms with Crippen LogP contribution < -0.4 is 0 Å². The first-order valence-electron chi connectivity index (χ1n) is 10.5. The van der Waals surface area contributed by atoms with Gasteiger partial charge in [-0.2, -0.15) is 13.2 Å². The second-order valence-electron chi connectivity index (χ2n) is 8.25. The number of hydrogen-bond donors (Lipinski definition) is 1. The van der Waals surface area contributed by atoms with Crippen LogP contribution in [0, 0.1) is 20.8 Å². The van der Waals surface area contributed by atoms with Gasteiger partial charge in [-0.1, -0.05) is 47.5 Å². The molecule has 0 bridgehead atoms. The normalized spacial score (nSPS) is 11.5. The number of benzene rings is 3. The van der Waals surface area contributed by atoms with Crippen LogP contribution in [0.5, 0.6) is 0 Å². The zero-order valence-corrected chi connectivity index (χ0v) is 18.7. The maximum absolute atomic E-state index is 13.7. The Morgan fingerprint density at radius 2 is 1.41 bits per heavy atom. The third-order valence-corrected chi connectivity index (χ3v) is 5.46. The minimum Gasteiger partial charge on any atom is -0.478 e. The summed E-state index contributed by atoms with van der Waals surface area (Å²) in [5.41, 5.74) is 4.01. The summed E-state index contributed by atoms with van der Waals surface area (Å²) in [6.45, 7) is 5.45. The summed E-state index contributed by atoms with van der Waals surface area (Å²) in [5.74, 6) is -1.11. The van der Waals surface area contributed by atoms with Crippen LogP contribution in [-0.4, -0.2) is 21.0 Å². The Morgan fingerprint density at radius 3 is 2.06 bits per heavy atom. The molecule has 0 saturated heterocycles. The van der Waals surface area contributed by atoms with Crippen molar-refractivity contribution in [2.45, 2.75) is 26.9 Å². The molecular formula is C27H21F3N2O2. The predicted octanol–water partition coefficient (Wildman–Crippen LogP) is 7.12. The van der Waals surface area contributed by atoms with Crippen LogP contribution in [0.4, 0.5) is 13.2 Å². The molecular weight excluding hydrogens is 441 g/mol. The number of rotatable bonds is 4. The number of carboxylic acid groups (broad SMARTS) is 1. The molecule has 1 N–H and O–H groups in total. The van der Waals surface area contributed by atoms with Gasteiger partial charge < -0.3 is 5.11 Å². The minimum absolute atomic E-state index is 0.0589. The molecule has 0 unspecified atom stereocenters. The van der Waals surface area contributed by atoms with Crippen molar-refractivity contribution in [3.63, 3.8) is 0 Å². The molecule has 4 nitrogen and oxygen atoms in total. The van der Waals surface area contributed by atoms with E-state index in [1.807, 2.05) is 19.9 Å². The van der Waals surface area contributed by atoms with E-state index < -0.39 is 17.8 Å². The molecule has 4 aromatic rings. The van der Waals surface area contributed by atoms with E-state index in [4.69, 9.17) is 0 Å². The van der Waals surface area contributed by atoms with Crippen LogP contribution in [-0.2, 0) is 6.18 Å². The summed E-state index contributed by atoms with van der Waals surface area (Å²) >= 11 is 0. The summed E-state index contributed by atoms with van der Waals surface area (Å²) in [5, 5.41) is 9.43. The maximum atomic E-state index is 13.7. The number of hydrogen-bond acceptors (Lipinski definition) is 3. The predicted molar refractivity (Wildman–Crippen MR) is 125 cm³/mol. The molecule has 4 rings (SSSR count). The van der Waals surface area contributed by atoms with Crippen molar-refractivity contribution in [3.05, 3.63) is 94.7 Å². The van der Waals surface area contributed by atoms with Gasteiger partial charge in [-0.15, -0.1) is 0 Å².